The molecule has 0 spiro atoms. The summed E-state index contributed by atoms with van der Waals surface area (Å²) in [7, 11) is -3.27. The lowest BCUT2D eigenvalue weighted by molar-refractivity contribution is -0.346. The topological polar surface area (TPSA) is 114 Å². The number of aromatic amines is 2. The van der Waals surface area contributed by atoms with Crippen LogP contribution in [-0.4, -0.2) is 55.9 Å². The highest BCUT2D eigenvalue weighted by Crippen LogP contribution is 2.42. The number of aromatic nitrogens is 4. The number of hydrogen-bond donors (Lipinski definition) is 2. The smallest absolute Gasteiger partial charge is 0.284 e. The highest BCUT2D eigenvalue weighted by molar-refractivity contribution is 7.88. The summed E-state index contributed by atoms with van der Waals surface area (Å²) in [5.41, 5.74) is 5.82. The normalized spacial score (nSPS) is 14.6. The van der Waals surface area contributed by atoms with Gasteiger partial charge in [-0.15, -0.1) is 11.3 Å². The lowest BCUT2D eigenvalue weighted by atomic mass is 10.1. The molecule has 0 aliphatic carbocycles. The number of H-pyrrole nitrogens is 2. The van der Waals surface area contributed by atoms with Crippen molar-refractivity contribution in [2.45, 2.75) is 13.5 Å². The first-order valence-corrected chi connectivity index (χ1v) is 14.7. The Morgan fingerprint density at radius 2 is 2.00 bits per heavy atom. The second-order valence-corrected chi connectivity index (χ2v) is 12.0. The highest BCUT2D eigenvalue weighted by atomic mass is 32.2. The van der Waals surface area contributed by atoms with Crippen molar-refractivity contribution in [3.8, 4) is 21.8 Å². The van der Waals surface area contributed by atoms with Gasteiger partial charge in [-0.1, -0.05) is 18.2 Å². The maximum absolute atomic E-state index is 11.6. The Hall–Kier alpha value is -3.38. The molecule has 6 rings (SSSR count). The van der Waals surface area contributed by atoms with Crippen LogP contribution < -0.4 is 14.6 Å². The molecule has 11 heteroatoms. The number of nitrogens with one attached hydrogen (secondary N) is 3. The lowest BCUT2D eigenvalue weighted by Gasteiger charge is -2.28. The molecule has 1 aromatic carbocycles. The summed E-state index contributed by atoms with van der Waals surface area (Å²) in [6.45, 7) is 5.21. The molecule has 0 unspecified atom stereocenters. The molecule has 3 N–H and O–H groups in total. The standard InChI is InChI=1S/C26H26N6O3S2/c1-16-21-23(36-22(16)18-5-3-4-17(12-18)14-29-37(2,33)34)26(32-8-10-35-11-9-32)31-25(30-21)20-13-19-6-7-27-24(19)28-15-20/h3-7,12-13,15,29H,8-11,14H2,1-2H3,(H,27,28)/p+1. The number of ether oxygens (including phenoxy) is 1. The summed E-state index contributed by atoms with van der Waals surface area (Å²) in [6.07, 6.45) is 5.01. The number of nitrogens with zero attached hydrogens (tertiary/aromatic N) is 3. The summed E-state index contributed by atoms with van der Waals surface area (Å²) in [5, 5.41) is 1.07. The summed E-state index contributed by atoms with van der Waals surface area (Å²) < 4.78 is 32.4. The van der Waals surface area contributed by atoms with E-state index in [1.165, 1.54) is 6.26 Å². The minimum Gasteiger partial charge on any atom is -0.378 e. The van der Waals surface area contributed by atoms with Gasteiger partial charge in [0, 0.05) is 24.5 Å². The molecule has 37 heavy (non-hydrogen) atoms. The van der Waals surface area contributed by atoms with E-state index >= 15 is 0 Å². The third kappa shape index (κ3) is 4.82. The first-order chi connectivity index (χ1) is 17.9. The van der Waals surface area contributed by atoms with Crippen LogP contribution in [0.3, 0.4) is 0 Å². The van der Waals surface area contributed by atoms with Crippen molar-refractivity contribution in [1.82, 2.24) is 19.7 Å². The first-order valence-electron chi connectivity index (χ1n) is 12.0. The van der Waals surface area contributed by atoms with Crippen molar-refractivity contribution < 1.29 is 18.1 Å². The van der Waals surface area contributed by atoms with Crippen LogP contribution in [0.4, 0.5) is 5.82 Å². The van der Waals surface area contributed by atoms with Crippen molar-refractivity contribution in [2.75, 3.05) is 37.5 Å². The fraction of sp³-hybridized carbons (Fsp3) is 0.269. The Morgan fingerprint density at radius 1 is 1.16 bits per heavy atom. The molecule has 5 heterocycles. The molecule has 0 saturated carbocycles. The van der Waals surface area contributed by atoms with Crippen LogP contribution in [0.25, 0.3) is 43.1 Å². The second kappa shape index (κ2) is 9.49. The van der Waals surface area contributed by atoms with E-state index in [2.05, 4.69) is 38.6 Å². The van der Waals surface area contributed by atoms with Gasteiger partial charge in [-0.3, -0.25) is 0 Å². The van der Waals surface area contributed by atoms with E-state index in [4.69, 9.17) is 14.7 Å². The molecule has 0 atom stereocenters. The van der Waals surface area contributed by atoms with Gasteiger partial charge in [0.15, 0.2) is 11.6 Å². The number of hydrogen-bond acceptors (Lipinski definition) is 7. The number of sulfonamides is 1. The van der Waals surface area contributed by atoms with E-state index in [1.807, 2.05) is 36.7 Å². The average Bonchev–Trinajstić information content (AvgIpc) is 3.51. The number of benzene rings is 1. The van der Waals surface area contributed by atoms with Crippen LogP contribution in [0.5, 0.6) is 0 Å². The van der Waals surface area contributed by atoms with Crippen molar-refractivity contribution in [3.05, 3.63) is 59.9 Å². The molecule has 9 nitrogen and oxygen atoms in total. The van der Waals surface area contributed by atoms with Gasteiger partial charge >= 0.3 is 0 Å². The zero-order valence-electron chi connectivity index (χ0n) is 20.5. The lowest BCUT2D eigenvalue weighted by Crippen LogP contribution is -2.36. The third-order valence-corrected chi connectivity index (χ3v) is 8.50. The highest BCUT2D eigenvalue weighted by Gasteiger charge is 2.23. The summed E-state index contributed by atoms with van der Waals surface area (Å²) in [5.74, 6) is 1.60. The minimum absolute atomic E-state index is 0.248. The summed E-state index contributed by atoms with van der Waals surface area (Å²) in [4.78, 5) is 20.0. The quantitative estimate of drug-likeness (QED) is 0.344. The average molecular weight is 536 g/mol. The SMILES string of the molecule is Cc1c(-c2cccc(CNS(C)(=O)=O)c2)sc2c(N3CCOCC3)nc(-c3c[nH+]c4[nH]ccc4c3)nc12. The summed E-state index contributed by atoms with van der Waals surface area (Å²) >= 11 is 1.68. The molecule has 0 amide bonds. The Labute approximate surface area is 218 Å². The zero-order valence-corrected chi connectivity index (χ0v) is 22.2. The van der Waals surface area contributed by atoms with Crippen LogP contribution >= 0.6 is 11.3 Å². The van der Waals surface area contributed by atoms with E-state index < -0.39 is 10.0 Å². The van der Waals surface area contributed by atoms with Crippen LogP contribution in [0.15, 0.2) is 48.8 Å². The predicted molar refractivity (Wildman–Crippen MR) is 146 cm³/mol. The van der Waals surface area contributed by atoms with Crippen LogP contribution in [0, 0.1) is 6.92 Å². The van der Waals surface area contributed by atoms with Gasteiger partial charge in [0.2, 0.25) is 10.0 Å². The number of fused-ring (bicyclic) bond motifs is 2. The number of pyridine rings is 1. The molecular weight excluding hydrogens is 508 g/mol. The molecule has 4 aromatic heterocycles. The van der Waals surface area contributed by atoms with Gasteiger partial charge in [0.25, 0.3) is 5.65 Å². The molecule has 0 bridgehead atoms. The van der Waals surface area contributed by atoms with E-state index in [0.29, 0.717) is 19.0 Å². The Balaban J connectivity index is 1.48. The van der Waals surface area contributed by atoms with Gasteiger partial charge in [0.1, 0.15) is 0 Å². The maximum atomic E-state index is 11.6. The number of morpholine rings is 1. The third-order valence-electron chi connectivity index (χ3n) is 6.51. The molecule has 190 valence electrons. The van der Waals surface area contributed by atoms with Crippen molar-refractivity contribution in [1.29, 1.82) is 0 Å². The second-order valence-electron chi connectivity index (χ2n) is 9.19. The minimum atomic E-state index is -3.27. The fourth-order valence-corrected chi connectivity index (χ4v) is 6.31. The summed E-state index contributed by atoms with van der Waals surface area (Å²) in [6, 6.07) is 12.1. The molecule has 1 aliphatic rings. The van der Waals surface area contributed by atoms with Gasteiger partial charge in [-0.25, -0.2) is 33.1 Å². The van der Waals surface area contributed by atoms with Gasteiger partial charge < -0.3 is 9.64 Å². The van der Waals surface area contributed by atoms with Crippen LogP contribution in [0.2, 0.25) is 0 Å². The molecular formula is C26H27N6O3S2+. The number of rotatable bonds is 6. The van der Waals surface area contributed by atoms with Crippen LogP contribution in [0.1, 0.15) is 11.1 Å². The Kier molecular flexibility index (Phi) is 6.15. The molecule has 0 radical (unpaired) electrons. The Bertz CT molecular complexity index is 1720. The van der Waals surface area contributed by atoms with Gasteiger partial charge in [0.05, 0.1) is 53.0 Å². The number of thiophene rings is 1. The number of aryl methyl sites for hydroxylation is 1. The first kappa shape index (κ1) is 24.0. The fourth-order valence-electron chi connectivity index (χ4n) is 4.62. The van der Waals surface area contributed by atoms with Gasteiger partial charge in [-0.2, -0.15) is 0 Å². The Morgan fingerprint density at radius 3 is 2.81 bits per heavy atom. The maximum Gasteiger partial charge on any atom is 0.284 e. The van der Waals surface area contributed by atoms with Crippen molar-refractivity contribution >= 4 is 48.4 Å². The zero-order chi connectivity index (χ0) is 25.6. The largest absolute Gasteiger partial charge is 0.378 e. The number of anilines is 1. The van der Waals surface area contributed by atoms with Gasteiger partial charge in [-0.05, 0) is 41.8 Å². The molecule has 1 fully saturated rings. The van der Waals surface area contributed by atoms with E-state index in [1.54, 1.807) is 11.3 Å². The van der Waals surface area contributed by atoms with Crippen molar-refractivity contribution in [3.63, 3.8) is 0 Å². The predicted octanol–water partition coefficient (Wildman–Crippen LogP) is 3.51. The van der Waals surface area contributed by atoms with Crippen LogP contribution in [-0.2, 0) is 21.3 Å². The van der Waals surface area contributed by atoms with E-state index in [9.17, 15) is 8.42 Å². The molecule has 1 saturated heterocycles. The molecule has 1 aliphatic heterocycles. The van der Waals surface area contributed by atoms with E-state index in [0.717, 1.165) is 67.3 Å². The molecule has 5 aromatic rings. The monoisotopic (exact) mass is 535 g/mol. The van der Waals surface area contributed by atoms with E-state index in [-0.39, 0.29) is 6.54 Å². The van der Waals surface area contributed by atoms with Crippen molar-refractivity contribution in [2.24, 2.45) is 0 Å².